The van der Waals surface area contributed by atoms with Gasteiger partial charge in [0.15, 0.2) is 0 Å². The van der Waals surface area contributed by atoms with E-state index in [4.69, 9.17) is 5.73 Å². The number of hydrogen-bond acceptors (Lipinski definition) is 3. The molecule has 0 atom stereocenters. The van der Waals surface area contributed by atoms with Crippen LogP contribution < -0.4 is 11.1 Å². The molecule has 0 heterocycles. The maximum Gasteiger partial charge on any atom is 0.238 e. The van der Waals surface area contributed by atoms with Crippen molar-refractivity contribution < 1.29 is 4.79 Å². The number of carbonyl (C=O) groups is 1. The zero-order valence-electron chi connectivity index (χ0n) is 13.1. The number of nitrogens with two attached hydrogens (primary N) is 1. The van der Waals surface area contributed by atoms with Gasteiger partial charge in [-0.25, -0.2) is 0 Å². The largest absolute Gasteiger partial charge is 0.399 e. The Balaban J connectivity index is 1.78. The number of hydrogen-bond donors (Lipinski definition) is 2. The first-order valence-electron chi connectivity index (χ1n) is 7.94. The van der Waals surface area contributed by atoms with Gasteiger partial charge < -0.3 is 11.1 Å². The van der Waals surface area contributed by atoms with Gasteiger partial charge in [-0.1, -0.05) is 13.3 Å². The molecule has 4 heteroatoms. The van der Waals surface area contributed by atoms with E-state index in [0.717, 1.165) is 11.6 Å². The van der Waals surface area contributed by atoms with Crippen molar-refractivity contribution >= 4 is 17.3 Å². The molecule has 0 spiro atoms. The summed E-state index contributed by atoms with van der Waals surface area (Å²) in [5, 5.41) is 2.92. The molecule has 0 unspecified atom stereocenters. The molecule has 3 N–H and O–H groups in total. The van der Waals surface area contributed by atoms with Crippen molar-refractivity contribution in [1.29, 1.82) is 0 Å². The van der Waals surface area contributed by atoms with Crippen LogP contribution in [0, 0.1) is 5.92 Å². The van der Waals surface area contributed by atoms with Crippen LogP contribution in [0.1, 0.15) is 39.0 Å². The first-order chi connectivity index (χ1) is 10.1. The highest BCUT2D eigenvalue weighted by molar-refractivity contribution is 5.92. The van der Waals surface area contributed by atoms with Crippen LogP contribution in [-0.2, 0) is 4.79 Å². The Labute approximate surface area is 127 Å². The second kappa shape index (κ2) is 7.46. The Morgan fingerprint density at radius 1 is 1.24 bits per heavy atom. The van der Waals surface area contributed by atoms with Crippen molar-refractivity contribution in [2.24, 2.45) is 5.92 Å². The van der Waals surface area contributed by atoms with Crippen LogP contribution in [0.5, 0.6) is 0 Å². The number of benzene rings is 1. The van der Waals surface area contributed by atoms with Crippen LogP contribution in [0.3, 0.4) is 0 Å². The van der Waals surface area contributed by atoms with E-state index in [1.54, 1.807) is 12.1 Å². The van der Waals surface area contributed by atoms with Crippen LogP contribution in [0.4, 0.5) is 11.4 Å². The Hall–Kier alpha value is -1.55. The fourth-order valence-electron chi connectivity index (χ4n) is 3.12. The van der Waals surface area contributed by atoms with Gasteiger partial charge in [-0.2, -0.15) is 0 Å². The van der Waals surface area contributed by atoms with Crippen molar-refractivity contribution in [3.05, 3.63) is 24.3 Å². The average Bonchev–Trinajstić information content (AvgIpc) is 2.49. The number of carbonyl (C=O) groups excluding carboxylic acids is 1. The third-order valence-corrected chi connectivity index (χ3v) is 4.60. The molecule has 1 aromatic rings. The summed E-state index contributed by atoms with van der Waals surface area (Å²) in [6, 6.07) is 7.81. The van der Waals surface area contributed by atoms with Gasteiger partial charge in [0.25, 0.3) is 0 Å². The molecule has 0 saturated heterocycles. The van der Waals surface area contributed by atoms with Crippen molar-refractivity contribution in [1.82, 2.24) is 4.90 Å². The number of anilines is 2. The molecule has 1 fully saturated rings. The molecule has 0 aliphatic heterocycles. The Kier molecular flexibility index (Phi) is 5.62. The zero-order chi connectivity index (χ0) is 15.2. The van der Waals surface area contributed by atoms with Gasteiger partial charge in [0.05, 0.1) is 6.54 Å². The maximum absolute atomic E-state index is 12.1. The molecule has 0 aromatic heterocycles. The number of amides is 1. The molecule has 0 bridgehead atoms. The summed E-state index contributed by atoms with van der Waals surface area (Å²) in [5.74, 6) is 0.929. The van der Waals surface area contributed by atoms with Crippen LogP contribution >= 0.6 is 0 Å². The fraction of sp³-hybridized carbons (Fsp3) is 0.588. The summed E-state index contributed by atoms with van der Waals surface area (Å²) in [5.41, 5.74) is 7.15. The van der Waals surface area contributed by atoms with Gasteiger partial charge in [0.1, 0.15) is 0 Å². The molecular weight excluding hydrogens is 262 g/mol. The summed E-state index contributed by atoms with van der Waals surface area (Å²) >= 11 is 0. The van der Waals surface area contributed by atoms with Gasteiger partial charge in [-0.3, -0.25) is 9.69 Å². The second-order valence-electron chi connectivity index (χ2n) is 6.17. The van der Waals surface area contributed by atoms with E-state index >= 15 is 0 Å². The zero-order valence-corrected chi connectivity index (χ0v) is 13.1. The first kappa shape index (κ1) is 15.8. The number of nitrogen functional groups attached to an aromatic ring is 1. The van der Waals surface area contributed by atoms with Crippen molar-refractivity contribution in [2.75, 3.05) is 24.6 Å². The van der Waals surface area contributed by atoms with Gasteiger partial charge in [0, 0.05) is 17.4 Å². The monoisotopic (exact) mass is 289 g/mol. The minimum atomic E-state index is 0.0416. The highest BCUT2D eigenvalue weighted by Crippen LogP contribution is 2.28. The summed E-state index contributed by atoms with van der Waals surface area (Å²) in [4.78, 5) is 14.3. The minimum absolute atomic E-state index is 0.0416. The predicted octanol–water partition coefficient (Wildman–Crippen LogP) is 3.11. The topological polar surface area (TPSA) is 58.4 Å². The number of nitrogens with zero attached hydrogens (tertiary/aromatic N) is 1. The van der Waals surface area contributed by atoms with Crippen molar-refractivity contribution in [3.63, 3.8) is 0 Å². The van der Waals surface area contributed by atoms with Crippen LogP contribution in [0.2, 0.25) is 0 Å². The van der Waals surface area contributed by atoms with Crippen molar-refractivity contribution in [3.8, 4) is 0 Å². The lowest BCUT2D eigenvalue weighted by molar-refractivity contribution is -0.117. The molecule has 116 valence electrons. The van der Waals surface area contributed by atoms with E-state index in [-0.39, 0.29) is 5.91 Å². The van der Waals surface area contributed by atoms with E-state index in [9.17, 15) is 4.79 Å². The van der Waals surface area contributed by atoms with Crippen LogP contribution in [0.15, 0.2) is 24.3 Å². The Morgan fingerprint density at radius 3 is 2.43 bits per heavy atom. The van der Waals surface area contributed by atoms with Gasteiger partial charge in [-0.05, 0) is 62.9 Å². The van der Waals surface area contributed by atoms with E-state index in [1.807, 2.05) is 12.1 Å². The SMILES string of the molecule is CCC1CCC(N(C)CC(=O)Nc2ccc(N)cc2)CC1. The summed E-state index contributed by atoms with van der Waals surface area (Å²) in [6.45, 7) is 2.72. The van der Waals surface area contributed by atoms with Crippen molar-refractivity contribution in [2.45, 2.75) is 45.1 Å². The molecular formula is C17H27N3O. The van der Waals surface area contributed by atoms with E-state index in [2.05, 4.69) is 24.2 Å². The smallest absolute Gasteiger partial charge is 0.238 e. The molecule has 1 aliphatic rings. The normalized spacial score (nSPS) is 22.2. The van der Waals surface area contributed by atoms with E-state index in [0.29, 0.717) is 18.3 Å². The summed E-state index contributed by atoms with van der Waals surface area (Å²) in [7, 11) is 2.06. The molecule has 1 saturated carbocycles. The number of likely N-dealkylation sites (N-methyl/N-ethyl adjacent to an activating group) is 1. The molecule has 1 amide bonds. The third-order valence-electron chi connectivity index (χ3n) is 4.60. The quantitative estimate of drug-likeness (QED) is 0.819. The molecule has 2 rings (SSSR count). The van der Waals surface area contributed by atoms with Gasteiger partial charge in [0.2, 0.25) is 5.91 Å². The number of nitrogens with one attached hydrogen (secondary N) is 1. The highest BCUT2D eigenvalue weighted by atomic mass is 16.2. The molecule has 21 heavy (non-hydrogen) atoms. The lowest BCUT2D eigenvalue weighted by Crippen LogP contribution is -2.40. The molecule has 1 aromatic carbocycles. The summed E-state index contributed by atoms with van der Waals surface area (Å²) < 4.78 is 0. The van der Waals surface area contributed by atoms with Crippen LogP contribution in [0.25, 0.3) is 0 Å². The summed E-state index contributed by atoms with van der Waals surface area (Å²) in [6.07, 6.45) is 6.30. The molecule has 1 aliphatic carbocycles. The number of rotatable bonds is 5. The van der Waals surface area contributed by atoms with Gasteiger partial charge >= 0.3 is 0 Å². The molecule has 0 radical (unpaired) electrons. The van der Waals surface area contributed by atoms with E-state index in [1.165, 1.54) is 32.1 Å². The van der Waals surface area contributed by atoms with E-state index < -0.39 is 0 Å². The standard InChI is InChI=1S/C17H27N3O/c1-3-13-4-10-16(11-5-13)20(2)12-17(21)19-15-8-6-14(18)7-9-15/h6-9,13,16H,3-5,10-12,18H2,1-2H3,(H,19,21). The predicted molar refractivity (Wildman–Crippen MR) is 88.2 cm³/mol. The third kappa shape index (κ3) is 4.74. The Morgan fingerprint density at radius 2 is 1.86 bits per heavy atom. The first-order valence-corrected chi connectivity index (χ1v) is 7.94. The molecule has 4 nitrogen and oxygen atoms in total. The van der Waals surface area contributed by atoms with Gasteiger partial charge in [-0.15, -0.1) is 0 Å². The lowest BCUT2D eigenvalue weighted by atomic mass is 9.84. The minimum Gasteiger partial charge on any atom is -0.399 e. The van der Waals surface area contributed by atoms with Crippen LogP contribution in [-0.4, -0.2) is 30.4 Å². The Bertz CT molecular complexity index is 450. The second-order valence-corrected chi connectivity index (χ2v) is 6.17. The highest BCUT2D eigenvalue weighted by Gasteiger charge is 2.24. The average molecular weight is 289 g/mol. The maximum atomic E-state index is 12.1. The lowest BCUT2D eigenvalue weighted by Gasteiger charge is -2.34. The fourth-order valence-corrected chi connectivity index (χ4v) is 3.12.